The van der Waals surface area contributed by atoms with Gasteiger partial charge in [-0.15, -0.1) is 0 Å². The van der Waals surface area contributed by atoms with E-state index >= 15 is 0 Å². The predicted octanol–water partition coefficient (Wildman–Crippen LogP) is 8.18. The molecule has 3 N–H and O–H groups in total. The number of ketones is 3. The molecule has 3 rings (SSSR count). The topological polar surface area (TPSA) is 200 Å². The summed E-state index contributed by atoms with van der Waals surface area (Å²) >= 11 is 0. The van der Waals surface area contributed by atoms with Crippen LogP contribution < -0.4 is 5.32 Å². The molecule has 0 fully saturated rings. The number of benzene rings is 3. The van der Waals surface area contributed by atoms with Crippen LogP contribution in [0.1, 0.15) is 137 Å². The molecule has 1 amide bonds. The van der Waals surface area contributed by atoms with Crippen LogP contribution in [0.3, 0.4) is 0 Å². The van der Waals surface area contributed by atoms with E-state index in [-0.39, 0.29) is 23.5 Å². The highest BCUT2D eigenvalue weighted by molar-refractivity contribution is 6.00. The summed E-state index contributed by atoms with van der Waals surface area (Å²) in [5, 5.41) is 24.8. The van der Waals surface area contributed by atoms with E-state index in [9.17, 15) is 43.8 Å². The van der Waals surface area contributed by atoms with E-state index in [1.54, 1.807) is 54.6 Å². The zero-order valence-electron chi connectivity index (χ0n) is 37.7. The highest BCUT2D eigenvalue weighted by Gasteiger charge is 2.51. The van der Waals surface area contributed by atoms with E-state index in [4.69, 9.17) is 14.2 Å². The molecule has 0 saturated carbocycles. The summed E-state index contributed by atoms with van der Waals surface area (Å²) in [6, 6.07) is 20.5. The van der Waals surface area contributed by atoms with Gasteiger partial charge >= 0.3 is 17.9 Å². The van der Waals surface area contributed by atoms with Crippen LogP contribution in [0.4, 0.5) is 0 Å². The van der Waals surface area contributed by atoms with Gasteiger partial charge in [0.2, 0.25) is 5.91 Å². The van der Waals surface area contributed by atoms with Gasteiger partial charge < -0.3 is 29.7 Å². The first-order valence-corrected chi connectivity index (χ1v) is 22.2. The Morgan fingerprint density at radius 3 is 1.77 bits per heavy atom. The second kappa shape index (κ2) is 27.3. The lowest BCUT2D eigenvalue weighted by Crippen LogP contribution is -2.57. The van der Waals surface area contributed by atoms with Crippen LogP contribution in [0.2, 0.25) is 0 Å². The molecule has 13 heteroatoms. The van der Waals surface area contributed by atoms with Gasteiger partial charge in [-0.1, -0.05) is 130 Å². The van der Waals surface area contributed by atoms with E-state index in [0.29, 0.717) is 36.8 Å². The van der Waals surface area contributed by atoms with Gasteiger partial charge in [-0.05, 0) is 64.2 Å². The number of amides is 1. The van der Waals surface area contributed by atoms with Crippen molar-refractivity contribution in [3.63, 3.8) is 0 Å². The van der Waals surface area contributed by atoms with Crippen molar-refractivity contribution >= 4 is 41.2 Å². The number of ether oxygens (including phenoxy) is 3. The minimum Gasteiger partial charge on any atom is -0.508 e. The second-order valence-corrected chi connectivity index (χ2v) is 16.9. The summed E-state index contributed by atoms with van der Waals surface area (Å²) < 4.78 is 16.2. The average molecular weight is 884 g/mol. The number of phenolic OH excluding ortho intramolecular Hbond substituents is 1. The highest BCUT2D eigenvalue weighted by atomic mass is 16.6. The SMILES string of the molecule is CCCCCCCC(=O)CCCCCC/C=C/[C@H](C(=O)N[C@@H](Cc1ccc(O)cc1)C(=O)OCC(=O)c1ccccc1)[C@@](O)(CC(=O)OCC(=O)c1ccccc1)C(=O)OC(C)(C)C. The third-order valence-corrected chi connectivity index (χ3v) is 10.3. The van der Waals surface area contributed by atoms with Crippen molar-refractivity contribution in [2.45, 2.75) is 135 Å². The fraction of sp³-hybridized carbons (Fsp3) is 0.471. The summed E-state index contributed by atoms with van der Waals surface area (Å²) in [6.07, 6.45) is 11.4. The number of hydrogen-bond donors (Lipinski definition) is 3. The first-order valence-electron chi connectivity index (χ1n) is 22.2. The Labute approximate surface area is 377 Å². The molecule has 0 spiro atoms. The van der Waals surface area contributed by atoms with Gasteiger partial charge in [0.25, 0.3) is 0 Å². The Bertz CT molecular complexity index is 1990. The van der Waals surface area contributed by atoms with Gasteiger partial charge in [0.1, 0.15) is 23.2 Å². The number of Topliss-reactive ketones (excluding diaryl/α,β-unsaturated/α-hetero) is 3. The van der Waals surface area contributed by atoms with Crippen LogP contribution in [0.15, 0.2) is 97.1 Å². The lowest BCUT2D eigenvalue weighted by Gasteiger charge is -2.34. The molecule has 0 radical (unpaired) electrons. The maximum absolute atomic E-state index is 14.5. The first-order chi connectivity index (χ1) is 30.5. The van der Waals surface area contributed by atoms with Gasteiger partial charge in [0.05, 0.1) is 12.3 Å². The normalized spacial score (nSPS) is 13.3. The van der Waals surface area contributed by atoms with E-state index in [0.717, 1.165) is 44.9 Å². The molecular weight excluding hydrogens is 819 g/mol. The van der Waals surface area contributed by atoms with Gasteiger partial charge in [-0.3, -0.25) is 24.0 Å². The van der Waals surface area contributed by atoms with Crippen LogP contribution in [0.5, 0.6) is 5.75 Å². The number of aliphatic hydroxyl groups is 1. The Balaban J connectivity index is 1.88. The molecule has 0 bridgehead atoms. The number of unbranched alkanes of at least 4 members (excludes halogenated alkanes) is 8. The summed E-state index contributed by atoms with van der Waals surface area (Å²) in [5.41, 5.74) is -3.09. The van der Waals surface area contributed by atoms with Crippen molar-refractivity contribution in [3.05, 3.63) is 114 Å². The molecule has 64 heavy (non-hydrogen) atoms. The highest BCUT2D eigenvalue weighted by Crippen LogP contribution is 2.30. The molecule has 0 saturated heterocycles. The summed E-state index contributed by atoms with van der Waals surface area (Å²) in [4.78, 5) is 93.7. The molecule has 0 aliphatic heterocycles. The maximum atomic E-state index is 14.5. The average Bonchev–Trinajstić information content (AvgIpc) is 3.27. The molecule has 13 nitrogen and oxygen atoms in total. The zero-order chi connectivity index (χ0) is 47.0. The largest absolute Gasteiger partial charge is 0.508 e. The molecule has 346 valence electrons. The molecule has 0 unspecified atom stereocenters. The van der Waals surface area contributed by atoms with Crippen LogP contribution in [0, 0.1) is 5.92 Å². The predicted molar refractivity (Wildman–Crippen MR) is 241 cm³/mol. The number of aromatic hydroxyl groups is 1. The molecule has 3 atom stereocenters. The Morgan fingerprint density at radius 2 is 1.22 bits per heavy atom. The molecule has 0 aromatic heterocycles. The third-order valence-electron chi connectivity index (χ3n) is 10.3. The molecule has 0 aliphatic rings. The van der Waals surface area contributed by atoms with Crippen LogP contribution in [-0.2, 0) is 44.6 Å². The summed E-state index contributed by atoms with van der Waals surface area (Å²) in [7, 11) is 0. The van der Waals surface area contributed by atoms with Crippen molar-refractivity contribution in [3.8, 4) is 5.75 Å². The van der Waals surface area contributed by atoms with Gasteiger partial charge in [-0.25, -0.2) is 9.59 Å². The number of hydrogen-bond acceptors (Lipinski definition) is 12. The summed E-state index contributed by atoms with van der Waals surface area (Å²) in [5.74, 6) is -7.30. The van der Waals surface area contributed by atoms with Crippen molar-refractivity contribution in [2.24, 2.45) is 5.92 Å². The number of carbonyl (C=O) groups is 7. The van der Waals surface area contributed by atoms with E-state index in [1.165, 1.54) is 69.7 Å². The molecule has 3 aromatic carbocycles. The number of esters is 3. The standard InChI is InChI=1S/C51H65NO12/c1-5-6-7-10-19-26-40(53)27-20-11-8-9-12-21-28-42(51(61,49(60)64-50(2,3)4)34-46(57)62-35-44(55)38-22-15-13-16-23-38)47(58)52-43(33-37-29-31-41(54)32-30-37)48(59)63-36-45(56)39-24-17-14-18-25-39/h13-18,21-25,28-32,42-43,54,61H,5-12,19-20,26-27,33-36H2,1-4H3,(H,52,58)/b28-21+/t42-,43+,51+/m1/s1. The second-order valence-electron chi connectivity index (χ2n) is 16.9. The minimum absolute atomic E-state index is 0.0491. The van der Waals surface area contributed by atoms with Crippen molar-refractivity contribution in [2.75, 3.05) is 13.2 Å². The van der Waals surface area contributed by atoms with E-state index in [2.05, 4.69) is 12.2 Å². The zero-order valence-corrected chi connectivity index (χ0v) is 37.7. The van der Waals surface area contributed by atoms with Crippen LogP contribution in [-0.4, -0.2) is 81.8 Å². The number of nitrogens with one attached hydrogen (secondary N) is 1. The lowest BCUT2D eigenvalue weighted by atomic mass is 9.82. The van der Waals surface area contributed by atoms with E-state index in [1.807, 2.05) is 0 Å². The van der Waals surface area contributed by atoms with E-state index < -0.39 is 78.2 Å². The smallest absolute Gasteiger partial charge is 0.340 e. The van der Waals surface area contributed by atoms with Gasteiger partial charge in [0, 0.05) is 30.4 Å². The van der Waals surface area contributed by atoms with Crippen LogP contribution >= 0.6 is 0 Å². The van der Waals surface area contributed by atoms with Crippen molar-refractivity contribution in [1.82, 2.24) is 5.32 Å². The Kier molecular flexibility index (Phi) is 22.3. The number of phenols is 1. The molecule has 3 aromatic rings. The molecule has 0 heterocycles. The number of allylic oxidation sites excluding steroid dienone is 1. The third kappa shape index (κ3) is 19.2. The van der Waals surface area contributed by atoms with Crippen molar-refractivity contribution in [1.29, 1.82) is 0 Å². The maximum Gasteiger partial charge on any atom is 0.340 e. The fourth-order valence-electron chi connectivity index (χ4n) is 6.75. The quantitative estimate of drug-likeness (QED) is 0.0199. The van der Waals surface area contributed by atoms with Crippen LogP contribution in [0.25, 0.3) is 0 Å². The van der Waals surface area contributed by atoms with Gasteiger partial charge in [-0.2, -0.15) is 0 Å². The first kappa shape index (κ1) is 52.4. The fourth-order valence-corrected chi connectivity index (χ4v) is 6.75. The lowest BCUT2D eigenvalue weighted by molar-refractivity contribution is -0.188. The minimum atomic E-state index is -2.92. The molecular formula is C51H65NO12. The number of rotatable bonds is 29. The number of carbonyl (C=O) groups excluding carboxylic acids is 7. The summed E-state index contributed by atoms with van der Waals surface area (Å²) in [6.45, 7) is 5.39. The monoisotopic (exact) mass is 883 g/mol. The molecule has 0 aliphatic carbocycles. The Hall–Kier alpha value is -5.95. The van der Waals surface area contributed by atoms with Crippen molar-refractivity contribution < 1.29 is 58.0 Å². The van der Waals surface area contributed by atoms with Gasteiger partial charge in [0.15, 0.2) is 30.4 Å². The Morgan fingerprint density at radius 1 is 0.688 bits per heavy atom.